The number of H-pyrrole nitrogens is 1. The van der Waals surface area contributed by atoms with Gasteiger partial charge in [0.05, 0.1) is 6.54 Å². The van der Waals surface area contributed by atoms with E-state index in [1.165, 1.54) is 25.8 Å². The summed E-state index contributed by atoms with van der Waals surface area (Å²) in [4.78, 5) is 12.5. The summed E-state index contributed by atoms with van der Waals surface area (Å²) >= 11 is 0. The van der Waals surface area contributed by atoms with Crippen LogP contribution in [0.5, 0.6) is 0 Å². The maximum Gasteiger partial charge on any atom is 0.120 e. The molecule has 0 amide bonds. The minimum atomic E-state index is 0.788. The van der Waals surface area contributed by atoms with E-state index in [9.17, 15) is 0 Å². The second-order valence-corrected chi connectivity index (χ2v) is 5.32. The van der Waals surface area contributed by atoms with Gasteiger partial charge in [0.15, 0.2) is 0 Å². The maximum atomic E-state index is 4.34. The van der Waals surface area contributed by atoms with Crippen LogP contribution in [-0.2, 0) is 6.54 Å². The number of nitrogens with one attached hydrogen (secondary N) is 1. The lowest BCUT2D eigenvalue weighted by Gasteiger charge is -2.22. The molecule has 2 rings (SSSR count). The summed E-state index contributed by atoms with van der Waals surface area (Å²) in [5, 5.41) is 0. The number of aromatic nitrogens is 2. The van der Waals surface area contributed by atoms with E-state index in [4.69, 9.17) is 0 Å². The quantitative estimate of drug-likeness (QED) is 0.844. The summed E-state index contributed by atoms with van der Waals surface area (Å²) in [7, 11) is 4.42. The van der Waals surface area contributed by atoms with Crippen LogP contribution in [0.1, 0.15) is 30.8 Å². The molecular formula is C13H24N4. The number of hydrogen-bond donors (Lipinski definition) is 1. The Morgan fingerprint density at radius 3 is 3.00 bits per heavy atom. The number of aryl methyl sites for hydroxylation is 1. The zero-order valence-electron chi connectivity index (χ0n) is 11.2. The molecule has 1 N–H and O–H groups in total. The molecule has 0 spiro atoms. The van der Waals surface area contributed by atoms with Crippen molar-refractivity contribution >= 4 is 0 Å². The van der Waals surface area contributed by atoms with E-state index in [0.717, 1.165) is 30.6 Å². The third-order valence-electron chi connectivity index (χ3n) is 3.69. The normalized spacial score (nSPS) is 21.5. The van der Waals surface area contributed by atoms with Gasteiger partial charge in [0.2, 0.25) is 0 Å². The topological polar surface area (TPSA) is 35.2 Å². The lowest BCUT2D eigenvalue weighted by atomic mass is 10.1. The van der Waals surface area contributed by atoms with Crippen molar-refractivity contribution < 1.29 is 0 Å². The molecule has 17 heavy (non-hydrogen) atoms. The Bertz CT molecular complexity index is 347. The molecule has 2 heterocycles. The van der Waals surface area contributed by atoms with Gasteiger partial charge >= 0.3 is 0 Å². The Labute approximate surface area is 104 Å². The monoisotopic (exact) mass is 236 g/mol. The van der Waals surface area contributed by atoms with Crippen LogP contribution < -0.4 is 0 Å². The third-order valence-corrected chi connectivity index (χ3v) is 3.69. The summed E-state index contributed by atoms with van der Waals surface area (Å²) < 4.78 is 0. The van der Waals surface area contributed by atoms with E-state index in [-0.39, 0.29) is 0 Å². The average molecular weight is 236 g/mol. The van der Waals surface area contributed by atoms with Gasteiger partial charge in [-0.2, -0.15) is 0 Å². The predicted molar refractivity (Wildman–Crippen MR) is 69.9 cm³/mol. The second-order valence-electron chi connectivity index (χ2n) is 5.32. The van der Waals surface area contributed by atoms with Crippen LogP contribution >= 0.6 is 0 Å². The van der Waals surface area contributed by atoms with Gasteiger partial charge in [-0.15, -0.1) is 0 Å². The van der Waals surface area contributed by atoms with E-state index in [0.29, 0.717) is 0 Å². The van der Waals surface area contributed by atoms with Gasteiger partial charge in [0.25, 0.3) is 0 Å². The molecule has 1 aromatic heterocycles. The van der Waals surface area contributed by atoms with Gasteiger partial charge in [0.1, 0.15) is 5.82 Å². The van der Waals surface area contributed by atoms with Gasteiger partial charge in [-0.3, -0.25) is 4.90 Å². The highest BCUT2D eigenvalue weighted by atomic mass is 15.2. The van der Waals surface area contributed by atoms with E-state index in [1.807, 2.05) is 13.1 Å². The predicted octanol–water partition coefficient (Wildman–Crippen LogP) is 1.63. The van der Waals surface area contributed by atoms with Crippen LogP contribution in [0.4, 0.5) is 0 Å². The smallest absolute Gasteiger partial charge is 0.120 e. The van der Waals surface area contributed by atoms with Gasteiger partial charge in [-0.25, -0.2) is 4.98 Å². The number of aromatic amines is 1. The van der Waals surface area contributed by atoms with Crippen molar-refractivity contribution in [2.24, 2.45) is 0 Å². The van der Waals surface area contributed by atoms with Crippen LogP contribution in [-0.4, -0.2) is 53.0 Å². The Hall–Kier alpha value is -0.870. The number of hydrogen-bond acceptors (Lipinski definition) is 3. The summed E-state index contributed by atoms with van der Waals surface area (Å²) in [6, 6.07) is 0.788. The first-order chi connectivity index (χ1) is 8.15. The van der Waals surface area contributed by atoms with Crippen molar-refractivity contribution in [3.05, 3.63) is 17.7 Å². The van der Waals surface area contributed by atoms with Crippen molar-refractivity contribution in [3.63, 3.8) is 0 Å². The number of imidazole rings is 1. The van der Waals surface area contributed by atoms with E-state index in [1.54, 1.807) is 0 Å². The van der Waals surface area contributed by atoms with Gasteiger partial charge in [-0.05, 0) is 53.4 Å². The fourth-order valence-electron chi connectivity index (χ4n) is 2.60. The zero-order chi connectivity index (χ0) is 12.3. The first-order valence-electron chi connectivity index (χ1n) is 6.54. The minimum Gasteiger partial charge on any atom is -0.345 e. The van der Waals surface area contributed by atoms with Gasteiger partial charge in [0, 0.05) is 17.9 Å². The van der Waals surface area contributed by atoms with Crippen molar-refractivity contribution in [2.45, 2.75) is 38.8 Å². The summed E-state index contributed by atoms with van der Waals surface area (Å²) in [5.41, 5.74) is 1.14. The highest BCUT2D eigenvalue weighted by Crippen LogP contribution is 2.18. The molecule has 1 fully saturated rings. The van der Waals surface area contributed by atoms with Crippen LogP contribution in [0.25, 0.3) is 0 Å². The molecule has 0 aromatic carbocycles. The standard InChI is InChI=1S/C13H24N4/c1-11-9-14-13(15-11)10-16(2)8-6-12-5-4-7-17(12)3/h9,12H,4-8,10H2,1-3H3,(H,14,15)/t12-/m1/s1. The average Bonchev–Trinajstić information content (AvgIpc) is 2.85. The molecule has 0 aliphatic carbocycles. The molecule has 1 aliphatic rings. The molecule has 0 radical (unpaired) electrons. The van der Waals surface area contributed by atoms with Crippen LogP contribution in [0.2, 0.25) is 0 Å². The van der Waals surface area contributed by atoms with E-state index >= 15 is 0 Å². The minimum absolute atomic E-state index is 0.788. The molecule has 1 atom stereocenters. The Morgan fingerprint density at radius 2 is 2.41 bits per heavy atom. The SMILES string of the molecule is Cc1cnc(CN(C)CC[C@H]2CCCN2C)[nH]1. The first-order valence-corrected chi connectivity index (χ1v) is 6.54. The van der Waals surface area contributed by atoms with Crippen LogP contribution in [0, 0.1) is 6.92 Å². The largest absolute Gasteiger partial charge is 0.345 e. The van der Waals surface area contributed by atoms with E-state index in [2.05, 4.69) is 33.9 Å². The molecular weight excluding hydrogens is 212 g/mol. The number of rotatable bonds is 5. The third kappa shape index (κ3) is 3.54. The van der Waals surface area contributed by atoms with Crippen molar-refractivity contribution in [2.75, 3.05) is 27.2 Å². The van der Waals surface area contributed by atoms with Gasteiger partial charge < -0.3 is 9.88 Å². The molecule has 0 bridgehead atoms. The van der Waals surface area contributed by atoms with Crippen molar-refractivity contribution in [1.29, 1.82) is 0 Å². The lowest BCUT2D eigenvalue weighted by molar-refractivity contribution is 0.243. The highest BCUT2D eigenvalue weighted by molar-refractivity contribution is 4.98. The number of nitrogens with zero attached hydrogens (tertiary/aromatic N) is 3. The fraction of sp³-hybridized carbons (Fsp3) is 0.769. The molecule has 4 nitrogen and oxygen atoms in total. The Morgan fingerprint density at radius 1 is 1.59 bits per heavy atom. The Kier molecular flexibility index (Phi) is 4.18. The van der Waals surface area contributed by atoms with Crippen molar-refractivity contribution in [1.82, 2.24) is 19.8 Å². The molecule has 1 saturated heterocycles. The summed E-state index contributed by atoms with van der Waals surface area (Å²) in [5.74, 6) is 1.07. The van der Waals surface area contributed by atoms with Crippen LogP contribution in [0.15, 0.2) is 6.20 Å². The first kappa shape index (κ1) is 12.6. The number of likely N-dealkylation sites (tertiary alicyclic amines) is 1. The molecule has 1 aromatic rings. The van der Waals surface area contributed by atoms with Crippen LogP contribution in [0.3, 0.4) is 0 Å². The zero-order valence-corrected chi connectivity index (χ0v) is 11.2. The van der Waals surface area contributed by atoms with Crippen molar-refractivity contribution in [3.8, 4) is 0 Å². The van der Waals surface area contributed by atoms with Gasteiger partial charge in [-0.1, -0.05) is 0 Å². The molecule has 96 valence electrons. The molecule has 1 aliphatic heterocycles. The summed E-state index contributed by atoms with van der Waals surface area (Å²) in [6.45, 7) is 5.38. The maximum absolute atomic E-state index is 4.34. The Balaban J connectivity index is 1.72. The fourth-order valence-corrected chi connectivity index (χ4v) is 2.60. The second kappa shape index (κ2) is 5.65. The lowest BCUT2D eigenvalue weighted by Crippen LogP contribution is -2.30. The highest BCUT2D eigenvalue weighted by Gasteiger charge is 2.20. The summed E-state index contributed by atoms with van der Waals surface area (Å²) in [6.07, 6.45) is 5.90. The molecule has 0 saturated carbocycles. The van der Waals surface area contributed by atoms with E-state index < -0.39 is 0 Å². The molecule has 4 heteroatoms. The molecule has 0 unspecified atom stereocenters.